The first-order chi connectivity index (χ1) is 42.9. The van der Waals surface area contributed by atoms with Crippen LogP contribution in [-0.4, -0.2) is 105 Å². The first-order valence-electron chi connectivity index (χ1n) is 33.5. The maximum Gasteiger partial charge on any atom is 0.272 e. The van der Waals surface area contributed by atoms with Gasteiger partial charge in [-0.25, -0.2) is 0 Å². The van der Waals surface area contributed by atoms with Crippen molar-refractivity contribution < 1.29 is 28.7 Å². The van der Waals surface area contributed by atoms with E-state index >= 15 is 0 Å². The fourth-order valence-corrected chi connectivity index (χ4v) is 15.8. The van der Waals surface area contributed by atoms with Crippen molar-refractivity contribution in [3.63, 3.8) is 0 Å². The Balaban J connectivity index is 0.000000137. The number of nitrogens with one attached hydrogen (secondary N) is 3. The van der Waals surface area contributed by atoms with Crippen molar-refractivity contribution in [3.8, 4) is 11.5 Å². The van der Waals surface area contributed by atoms with Gasteiger partial charge in [0.15, 0.2) is 17.1 Å². The normalized spacial score (nSPS) is 21.3. The van der Waals surface area contributed by atoms with Crippen molar-refractivity contribution in [2.45, 2.75) is 205 Å². The second-order valence-electron chi connectivity index (χ2n) is 26.7. The molecule has 16 nitrogen and oxygen atoms in total. The highest BCUT2D eigenvalue weighted by Crippen LogP contribution is 2.54. The van der Waals surface area contributed by atoms with E-state index in [9.17, 15) is 19.2 Å². The Bertz CT molecular complexity index is 3370. The SMILES string of the molecule is CN(C)C(=O)C1CCc2c(c(C(=O)NC3CC4CCC3(C)C4)nn2C2CCCCC2)C1.COc1ccccc1CCNC(=O)c1nn(C2CCCCC2)c2c1CCCC2.COc1ccccc1CCNC(=O)c1nn(Cc2ccccc2)c2c1CCCC2. The fourth-order valence-electron chi connectivity index (χ4n) is 15.8. The first-order valence-corrected chi connectivity index (χ1v) is 33.5. The van der Waals surface area contributed by atoms with Gasteiger partial charge < -0.3 is 30.3 Å². The van der Waals surface area contributed by atoms with Crippen LogP contribution in [0.5, 0.6) is 11.5 Å². The maximum atomic E-state index is 13.5. The molecule has 16 heteroatoms. The molecule has 3 aromatic carbocycles. The molecule has 470 valence electrons. The second kappa shape index (κ2) is 28.9. The molecule has 3 aromatic heterocycles. The largest absolute Gasteiger partial charge is 0.496 e. The quantitative estimate of drug-likeness (QED) is 0.0801. The van der Waals surface area contributed by atoms with Gasteiger partial charge in [-0.3, -0.25) is 33.2 Å². The highest BCUT2D eigenvalue weighted by molar-refractivity contribution is 5.95. The summed E-state index contributed by atoms with van der Waals surface area (Å²) in [6.07, 6.45) is 29.7. The minimum absolute atomic E-state index is 0.0115. The molecule has 2 bridgehead atoms. The molecule has 88 heavy (non-hydrogen) atoms. The topological polar surface area (TPSA) is 180 Å². The highest BCUT2D eigenvalue weighted by atomic mass is 16.5. The Hall–Kier alpha value is -7.23. The average molecular weight is 1200 g/mol. The number of carbonyl (C=O) groups is 4. The zero-order valence-corrected chi connectivity index (χ0v) is 53.2. The van der Waals surface area contributed by atoms with E-state index in [0.29, 0.717) is 55.2 Å². The summed E-state index contributed by atoms with van der Waals surface area (Å²) in [4.78, 5) is 53.8. The van der Waals surface area contributed by atoms with E-state index in [1.54, 1.807) is 19.1 Å². The number of nitrogens with zero attached hydrogens (tertiary/aromatic N) is 7. The molecule has 4 amide bonds. The van der Waals surface area contributed by atoms with Crippen LogP contribution in [0, 0.1) is 17.3 Å². The number of hydrogen-bond donors (Lipinski definition) is 3. The highest BCUT2D eigenvalue weighted by Gasteiger charge is 2.50. The molecule has 7 aliphatic rings. The van der Waals surface area contributed by atoms with Gasteiger partial charge in [-0.1, -0.05) is 112 Å². The lowest BCUT2D eigenvalue weighted by molar-refractivity contribution is -0.133. The maximum absolute atomic E-state index is 13.5. The Morgan fingerprint density at radius 2 is 1.08 bits per heavy atom. The molecule has 0 aliphatic heterocycles. The third-order valence-corrected chi connectivity index (χ3v) is 20.6. The molecule has 4 atom stereocenters. The van der Waals surface area contributed by atoms with Crippen molar-refractivity contribution in [2.75, 3.05) is 41.4 Å². The van der Waals surface area contributed by atoms with Gasteiger partial charge in [0.1, 0.15) is 11.5 Å². The Labute approximate surface area is 521 Å². The van der Waals surface area contributed by atoms with E-state index < -0.39 is 0 Å². The van der Waals surface area contributed by atoms with E-state index in [0.717, 1.165) is 130 Å². The number of para-hydroxylation sites is 2. The third-order valence-electron chi connectivity index (χ3n) is 20.6. The summed E-state index contributed by atoms with van der Waals surface area (Å²) >= 11 is 0. The molecule has 4 unspecified atom stereocenters. The summed E-state index contributed by atoms with van der Waals surface area (Å²) < 4.78 is 17.2. The molecule has 0 spiro atoms. The van der Waals surface area contributed by atoms with Crippen molar-refractivity contribution in [2.24, 2.45) is 17.3 Å². The number of benzene rings is 3. The van der Waals surface area contributed by atoms with Gasteiger partial charge in [-0.2, -0.15) is 15.3 Å². The molecule has 0 saturated heterocycles. The van der Waals surface area contributed by atoms with Crippen LogP contribution in [0.4, 0.5) is 0 Å². The van der Waals surface area contributed by atoms with E-state index in [1.807, 2.05) is 85.5 Å². The van der Waals surface area contributed by atoms with Crippen LogP contribution < -0.4 is 25.4 Å². The monoisotopic (exact) mass is 1200 g/mol. The van der Waals surface area contributed by atoms with Crippen molar-refractivity contribution in [3.05, 3.63) is 146 Å². The zero-order valence-electron chi connectivity index (χ0n) is 53.2. The molecule has 4 fully saturated rings. The molecule has 13 rings (SSSR count). The number of aromatic nitrogens is 6. The minimum Gasteiger partial charge on any atom is -0.496 e. The fraction of sp³-hybridized carbons (Fsp3) is 0.569. The zero-order chi connectivity index (χ0) is 61.2. The van der Waals surface area contributed by atoms with E-state index in [1.165, 1.54) is 105 Å². The Morgan fingerprint density at radius 1 is 0.568 bits per heavy atom. The van der Waals surface area contributed by atoms with Crippen LogP contribution in [0.2, 0.25) is 0 Å². The number of carbonyl (C=O) groups excluding carboxylic acids is 4. The van der Waals surface area contributed by atoms with E-state index in [-0.39, 0.29) is 41.0 Å². The minimum atomic E-state index is -0.0788. The number of fused-ring (bicyclic) bond motifs is 5. The van der Waals surface area contributed by atoms with Crippen molar-refractivity contribution in [1.29, 1.82) is 0 Å². The molecule has 6 aromatic rings. The average Bonchev–Trinajstić information content (AvgIpc) is 1.99. The van der Waals surface area contributed by atoms with Gasteiger partial charge in [0.25, 0.3) is 17.7 Å². The lowest BCUT2D eigenvalue weighted by atomic mass is 9.81. The summed E-state index contributed by atoms with van der Waals surface area (Å²) in [5.41, 5.74) is 12.6. The van der Waals surface area contributed by atoms with Crippen molar-refractivity contribution in [1.82, 2.24) is 50.2 Å². The van der Waals surface area contributed by atoms with Crippen LogP contribution in [0.25, 0.3) is 0 Å². The Kier molecular flexibility index (Phi) is 20.5. The number of rotatable bonds is 17. The smallest absolute Gasteiger partial charge is 0.272 e. The lowest BCUT2D eigenvalue weighted by Crippen LogP contribution is -2.44. The predicted octanol–water partition coefficient (Wildman–Crippen LogP) is 11.9. The summed E-state index contributed by atoms with van der Waals surface area (Å²) in [5, 5.41) is 24.1. The molecule has 4 saturated carbocycles. The molecule has 0 radical (unpaired) electrons. The standard InChI is InChI=1S/C25H38N4O2.C24H27N3O2.C23H31N3O2/c1-25-12-11-16(15-25)13-21(25)26-23(30)22-19-14-17(24(31)28(2)3)9-10-20(19)29(27-22)18-7-5-4-6-8-18;1-29-22-14-8-5-11-19(22)15-16-25-24(28)23-20-12-6-7-13-21(20)27(26-23)17-18-9-3-2-4-10-18;1-28-21-14-8-5-9-17(21)15-16-24-23(27)22-19-12-6-7-13-20(19)26(25-22)18-10-3-2-4-11-18/h16-18,21H,4-15H2,1-3H3,(H,26,30);2-5,8-11,14H,6-7,12-13,15-17H2,1H3,(H,25,28);5,8-9,14,18H,2-4,6-7,10-13,15-16H2,1H3,(H,24,27). The first kappa shape index (κ1) is 62.4. The third kappa shape index (κ3) is 14.3. The van der Waals surface area contributed by atoms with Gasteiger partial charge in [-0.15, -0.1) is 0 Å². The molecule has 7 aliphatic carbocycles. The van der Waals surface area contributed by atoms with E-state index in [2.05, 4.69) is 44.4 Å². The van der Waals surface area contributed by atoms with E-state index in [4.69, 9.17) is 24.8 Å². The predicted molar refractivity (Wildman–Crippen MR) is 343 cm³/mol. The summed E-state index contributed by atoms with van der Waals surface area (Å²) in [6.45, 7) is 4.19. The van der Waals surface area contributed by atoms with Gasteiger partial charge in [0.05, 0.1) is 32.8 Å². The van der Waals surface area contributed by atoms with Crippen LogP contribution in [0.3, 0.4) is 0 Å². The van der Waals surface area contributed by atoms with Crippen LogP contribution >= 0.6 is 0 Å². The molecular formula is C72H96N10O6. The van der Waals surface area contributed by atoms with Gasteiger partial charge >= 0.3 is 0 Å². The summed E-state index contributed by atoms with van der Waals surface area (Å²) in [7, 11) is 7.00. The Morgan fingerprint density at radius 3 is 1.62 bits per heavy atom. The molecule has 3 N–H and O–H groups in total. The van der Waals surface area contributed by atoms with Gasteiger partial charge in [0, 0.05) is 72.9 Å². The lowest BCUT2D eigenvalue weighted by Gasteiger charge is -2.32. The number of methoxy groups -OCH3 is 2. The van der Waals surface area contributed by atoms with Gasteiger partial charge in [-0.05, 0) is 175 Å². The van der Waals surface area contributed by atoms with Crippen LogP contribution in [0.15, 0.2) is 78.9 Å². The van der Waals surface area contributed by atoms with Crippen LogP contribution in [-0.2, 0) is 62.7 Å². The number of amides is 4. The van der Waals surface area contributed by atoms with Gasteiger partial charge in [0.2, 0.25) is 5.91 Å². The summed E-state index contributed by atoms with van der Waals surface area (Å²) in [6, 6.07) is 27.3. The summed E-state index contributed by atoms with van der Waals surface area (Å²) in [5.74, 6) is 2.50. The van der Waals surface area contributed by atoms with Crippen molar-refractivity contribution >= 4 is 23.6 Å². The molecular weight excluding hydrogens is 1100 g/mol. The molecule has 3 heterocycles. The second-order valence-corrected chi connectivity index (χ2v) is 26.7. The van der Waals surface area contributed by atoms with Crippen LogP contribution in [0.1, 0.15) is 223 Å². The number of hydrogen-bond acceptors (Lipinski definition) is 9. The number of ether oxygens (including phenoxy) is 2.